The molecular weight excluding hydrogens is 757 g/mol. The number of hydrogen-bond donors (Lipinski definition) is 0. The first-order chi connectivity index (χ1) is 30.0. The minimum absolute atomic E-state index is 0.818. The zero-order valence-electron chi connectivity index (χ0n) is 36.6. The van der Waals surface area contributed by atoms with Crippen molar-refractivity contribution in [3.8, 4) is 0 Å². The second-order valence-electron chi connectivity index (χ2n) is 17.5. The average Bonchev–Trinajstić information content (AvgIpc) is 3.79. The molecule has 0 amide bonds. The van der Waals surface area contributed by atoms with Crippen molar-refractivity contribution in [1.82, 2.24) is 0 Å². The molecular formula is C58H48N2O2. The van der Waals surface area contributed by atoms with Gasteiger partial charge in [-0.05, 0) is 212 Å². The van der Waals surface area contributed by atoms with Crippen molar-refractivity contribution in [1.29, 1.82) is 0 Å². The molecule has 302 valence electrons. The van der Waals surface area contributed by atoms with E-state index >= 15 is 0 Å². The summed E-state index contributed by atoms with van der Waals surface area (Å²) in [5.41, 5.74) is 20.5. The number of aryl methyl sites for hydroxylation is 6. The smallest absolute Gasteiger partial charge is 0.139 e. The SMILES string of the molecule is Cc1ccccc1N(c1cc(C)c(C)c(C)c1)c1ccc2cc3c(cc2c1)oc1cc2oc4cc5cc(N(c6cc(C)c(C)c(C)c6)c6ccccc6C)ccc5cc4c2cc13. The number of nitrogens with zero attached hydrogens (tertiary/aromatic N) is 2. The van der Waals surface area contributed by atoms with Crippen LogP contribution in [-0.2, 0) is 0 Å². The first-order valence-corrected chi connectivity index (χ1v) is 21.6. The van der Waals surface area contributed by atoms with Gasteiger partial charge in [0.25, 0.3) is 0 Å². The lowest BCUT2D eigenvalue weighted by atomic mass is 10.0. The van der Waals surface area contributed by atoms with E-state index in [-0.39, 0.29) is 0 Å². The van der Waals surface area contributed by atoms with E-state index in [1.54, 1.807) is 0 Å². The molecule has 2 heterocycles. The zero-order chi connectivity index (χ0) is 42.6. The lowest BCUT2D eigenvalue weighted by molar-refractivity contribution is 0.656. The fraction of sp³-hybridized carbons (Fsp3) is 0.138. The highest BCUT2D eigenvalue weighted by Gasteiger charge is 2.21. The van der Waals surface area contributed by atoms with Crippen LogP contribution in [-0.4, -0.2) is 0 Å². The van der Waals surface area contributed by atoms with Crippen LogP contribution in [0.1, 0.15) is 44.5 Å². The Morgan fingerprint density at radius 1 is 0.290 bits per heavy atom. The van der Waals surface area contributed by atoms with E-state index in [0.29, 0.717) is 0 Å². The van der Waals surface area contributed by atoms with Gasteiger partial charge in [-0.15, -0.1) is 0 Å². The van der Waals surface area contributed by atoms with Gasteiger partial charge < -0.3 is 18.6 Å². The summed E-state index contributed by atoms with van der Waals surface area (Å²) in [5.74, 6) is 0. The second-order valence-corrected chi connectivity index (χ2v) is 17.5. The van der Waals surface area contributed by atoms with Crippen LogP contribution in [0.15, 0.2) is 154 Å². The summed E-state index contributed by atoms with van der Waals surface area (Å²) in [6.07, 6.45) is 0. The number of hydrogen-bond acceptors (Lipinski definition) is 4. The molecule has 11 aromatic rings. The molecule has 0 radical (unpaired) electrons. The van der Waals surface area contributed by atoms with Crippen LogP contribution < -0.4 is 9.80 Å². The predicted octanol–water partition coefficient (Wildman–Crippen LogP) is 17.2. The third kappa shape index (κ3) is 6.04. The molecule has 4 heteroatoms. The Bertz CT molecular complexity index is 3360. The summed E-state index contributed by atoms with van der Waals surface area (Å²) in [7, 11) is 0. The van der Waals surface area contributed by atoms with Crippen molar-refractivity contribution in [2.45, 2.75) is 55.4 Å². The van der Waals surface area contributed by atoms with E-state index in [4.69, 9.17) is 8.83 Å². The van der Waals surface area contributed by atoms with Crippen LogP contribution in [0.2, 0.25) is 0 Å². The quantitative estimate of drug-likeness (QED) is 0.168. The summed E-state index contributed by atoms with van der Waals surface area (Å²) in [6.45, 7) is 17.6. The molecule has 0 aliphatic carbocycles. The molecule has 0 bridgehead atoms. The van der Waals surface area contributed by atoms with Crippen molar-refractivity contribution < 1.29 is 8.83 Å². The van der Waals surface area contributed by atoms with E-state index in [2.05, 4.69) is 211 Å². The molecule has 2 aromatic heterocycles. The van der Waals surface area contributed by atoms with Gasteiger partial charge in [0.2, 0.25) is 0 Å². The zero-order valence-corrected chi connectivity index (χ0v) is 36.6. The fourth-order valence-corrected chi connectivity index (χ4v) is 9.55. The first-order valence-electron chi connectivity index (χ1n) is 21.6. The summed E-state index contributed by atoms with van der Waals surface area (Å²) < 4.78 is 13.3. The van der Waals surface area contributed by atoms with E-state index in [1.807, 2.05) is 0 Å². The van der Waals surface area contributed by atoms with Gasteiger partial charge in [-0.2, -0.15) is 0 Å². The third-order valence-electron chi connectivity index (χ3n) is 13.5. The van der Waals surface area contributed by atoms with Crippen LogP contribution in [0.25, 0.3) is 65.4 Å². The van der Waals surface area contributed by atoms with Gasteiger partial charge in [-0.1, -0.05) is 48.5 Å². The molecule has 0 aliphatic rings. The molecule has 0 fully saturated rings. The Morgan fingerprint density at radius 2 is 0.661 bits per heavy atom. The Balaban J connectivity index is 1.01. The number of fused-ring (bicyclic) bond motifs is 8. The summed E-state index contributed by atoms with van der Waals surface area (Å²) in [4.78, 5) is 4.76. The fourth-order valence-electron chi connectivity index (χ4n) is 9.55. The minimum atomic E-state index is 0.818. The molecule has 62 heavy (non-hydrogen) atoms. The summed E-state index contributed by atoms with van der Waals surface area (Å²) in [5, 5.41) is 8.95. The Kier molecular flexibility index (Phi) is 8.59. The van der Waals surface area contributed by atoms with Crippen LogP contribution >= 0.6 is 0 Å². The lowest BCUT2D eigenvalue weighted by Crippen LogP contribution is -2.12. The Labute approximate surface area is 362 Å². The Morgan fingerprint density at radius 3 is 1.06 bits per heavy atom. The molecule has 0 N–H and O–H groups in total. The average molecular weight is 805 g/mol. The van der Waals surface area contributed by atoms with E-state index in [0.717, 1.165) is 77.4 Å². The van der Waals surface area contributed by atoms with Gasteiger partial charge >= 0.3 is 0 Å². The third-order valence-corrected chi connectivity index (χ3v) is 13.5. The molecule has 0 unspecified atom stereocenters. The van der Waals surface area contributed by atoms with Crippen molar-refractivity contribution in [3.63, 3.8) is 0 Å². The Hall–Kier alpha value is -7.30. The predicted molar refractivity (Wildman–Crippen MR) is 263 cm³/mol. The van der Waals surface area contributed by atoms with Crippen molar-refractivity contribution >= 4 is 99.5 Å². The van der Waals surface area contributed by atoms with Gasteiger partial charge in [0.1, 0.15) is 22.3 Å². The summed E-state index contributed by atoms with van der Waals surface area (Å²) in [6, 6.07) is 53.3. The lowest BCUT2D eigenvalue weighted by Gasteiger charge is -2.28. The van der Waals surface area contributed by atoms with E-state index in [1.165, 1.54) is 66.7 Å². The summed E-state index contributed by atoms with van der Waals surface area (Å²) >= 11 is 0. The topological polar surface area (TPSA) is 32.8 Å². The van der Waals surface area contributed by atoms with Crippen LogP contribution in [0.4, 0.5) is 34.1 Å². The highest BCUT2D eigenvalue weighted by Crippen LogP contribution is 2.44. The van der Waals surface area contributed by atoms with Gasteiger partial charge in [0.05, 0.1) is 0 Å². The maximum atomic E-state index is 6.66. The number of furan rings is 2. The second kappa shape index (κ2) is 14.1. The molecule has 4 nitrogen and oxygen atoms in total. The number of anilines is 6. The van der Waals surface area contributed by atoms with Gasteiger partial charge in [0.15, 0.2) is 0 Å². The van der Waals surface area contributed by atoms with Crippen molar-refractivity contribution in [3.05, 3.63) is 190 Å². The van der Waals surface area contributed by atoms with E-state index < -0.39 is 0 Å². The van der Waals surface area contributed by atoms with Crippen LogP contribution in [0.5, 0.6) is 0 Å². The van der Waals surface area contributed by atoms with Gasteiger partial charge in [-0.3, -0.25) is 0 Å². The van der Waals surface area contributed by atoms with Crippen LogP contribution in [0, 0.1) is 55.4 Å². The van der Waals surface area contributed by atoms with Crippen molar-refractivity contribution in [2.75, 3.05) is 9.80 Å². The van der Waals surface area contributed by atoms with E-state index in [9.17, 15) is 0 Å². The minimum Gasteiger partial charge on any atom is -0.456 e. The molecule has 0 spiro atoms. The van der Waals surface area contributed by atoms with Gasteiger partial charge in [0, 0.05) is 61.7 Å². The largest absolute Gasteiger partial charge is 0.456 e. The molecule has 0 aliphatic heterocycles. The van der Waals surface area contributed by atoms with Gasteiger partial charge in [-0.25, -0.2) is 0 Å². The first kappa shape index (κ1) is 37.7. The monoisotopic (exact) mass is 804 g/mol. The van der Waals surface area contributed by atoms with Crippen molar-refractivity contribution in [2.24, 2.45) is 0 Å². The standard InChI is InChI=1S/C58H48N2O2/c1-33-13-9-11-15-53(33)59(47-21-35(3)39(7)36(4)22-47)45-19-17-41-27-49-51-31-52-50-28-42-18-20-46(60(54-16-12-10-14-34(54)2)48-23-37(5)40(8)38(6)24-48)26-44(42)30-56(50)62-58(52)32-57(51)61-55(49)29-43(41)25-45/h9-32H,1-8H3. The number of rotatable bonds is 6. The van der Waals surface area contributed by atoms with Crippen LogP contribution in [0.3, 0.4) is 0 Å². The maximum Gasteiger partial charge on any atom is 0.139 e. The normalized spacial score (nSPS) is 11.9. The molecule has 0 atom stereocenters. The molecule has 9 aromatic carbocycles. The molecule has 11 rings (SSSR count). The molecule has 0 saturated carbocycles. The highest BCUT2D eigenvalue weighted by molar-refractivity contribution is 6.18. The highest BCUT2D eigenvalue weighted by atomic mass is 16.3. The molecule has 0 saturated heterocycles. The number of benzene rings is 9. The number of para-hydroxylation sites is 2. The maximum absolute atomic E-state index is 6.66.